The quantitative estimate of drug-likeness (QED) is 0.0656. The lowest BCUT2D eigenvalue weighted by Gasteiger charge is -2.29. The van der Waals surface area contributed by atoms with Gasteiger partial charge in [-0.25, -0.2) is 0 Å². The van der Waals surface area contributed by atoms with Crippen LogP contribution in [0.1, 0.15) is 52.2 Å². The number of carbonyl (C=O) groups excluding carboxylic acids is 7. The lowest BCUT2D eigenvalue weighted by molar-refractivity contribution is -0.141. The molecule has 7 amide bonds. The topological polar surface area (TPSA) is 301 Å². The van der Waals surface area contributed by atoms with Crippen molar-refractivity contribution >= 4 is 68.7 Å². The minimum absolute atomic E-state index is 0.0427. The third-order valence-electron chi connectivity index (χ3n) is 9.04. The first-order chi connectivity index (χ1) is 27.3. The van der Waals surface area contributed by atoms with Gasteiger partial charge in [-0.2, -0.15) is 0 Å². The number of carbonyl (C=O) groups is 8. The molecule has 1 aromatic heterocycles. The van der Waals surface area contributed by atoms with E-state index in [9.17, 15) is 48.6 Å². The maximum atomic E-state index is 14.0. The summed E-state index contributed by atoms with van der Waals surface area (Å²) in [6.45, 7) is 7.42. The van der Waals surface area contributed by atoms with Crippen molar-refractivity contribution < 1.29 is 48.6 Å². The molecule has 18 nitrogen and oxygen atoms in total. The summed E-state index contributed by atoms with van der Waals surface area (Å²) in [5, 5.41) is 36.8. The molecule has 3 rings (SSSR count). The van der Waals surface area contributed by atoms with E-state index >= 15 is 0 Å². The minimum atomic E-state index is -1.73. The summed E-state index contributed by atoms with van der Waals surface area (Å²) in [7, 11) is 0. The second-order valence-electron chi connectivity index (χ2n) is 14.5. The number of hydrogen-bond donors (Lipinski definition) is 10. The number of phenols is 1. The van der Waals surface area contributed by atoms with Gasteiger partial charge < -0.3 is 53.6 Å². The number of aromatic hydroxyl groups is 1. The van der Waals surface area contributed by atoms with Gasteiger partial charge in [-0.05, 0) is 65.3 Å². The molecular formula is C39H52N8O10S. The zero-order valence-electron chi connectivity index (χ0n) is 32.9. The summed E-state index contributed by atoms with van der Waals surface area (Å²) in [6, 6.07) is 5.67. The third kappa shape index (κ3) is 13.8. The fourth-order valence-electron chi connectivity index (χ4n) is 5.79. The second-order valence-corrected chi connectivity index (χ2v) is 15.4. The average Bonchev–Trinajstić information content (AvgIpc) is 3.56. The van der Waals surface area contributed by atoms with E-state index in [1.807, 2.05) is 18.2 Å². The Balaban J connectivity index is 1.82. The Morgan fingerprint density at radius 3 is 1.84 bits per heavy atom. The van der Waals surface area contributed by atoms with E-state index in [4.69, 9.17) is 11.5 Å². The number of carboxylic acid groups (broad SMARTS) is 1. The molecule has 3 aromatic rings. The Labute approximate surface area is 339 Å². The second kappa shape index (κ2) is 21.4. The van der Waals surface area contributed by atoms with Crippen LogP contribution in [0.5, 0.6) is 5.75 Å². The number of carboxylic acids is 1. The summed E-state index contributed by atoms with van der Waals surface area (Å²) in [6.07, 6.45) is -0.884. The van der Waals surface area contributed by atoms with Crippen LogP contribution in [0.2, 0.25) is 0 Å². The molecule has 58 heavy (non-hydrogen) atoms. The van der Waals surface area contributed by atoms with E-state index in [2.05, 4.69) is 31.9 Å². The van der Waals surface area contributed by atoms with Gasteiger partial charge in [-0.3, -0.25) is 38.4 Å². The van der Waals surface area contributed by atoms with E-state index in [1.54, 1.807) is 51.3 Å². The maximum absolute atomic E-state index is 14.0. The molecule has 0 radical (unpaired) electrons. The highest BCUT2D eigenvalue weighted by atomic mass is 32.1. The molecule has 2 aromatic carbocycles. The molecule has 6 atom stereocenters. The van der Waals surface area contributed by atoms with Crippen LogP contribution in [0.4, 0.5) is 0 Å². The van der Waals surface area contributed by atoms with Crippen LogP contribution < -0.4 is 43.4 Å². The first kappa shape index (κ1) is 46.3. The average molecular weight is 825 g/mol. The molecular weight excluding hydrogens is 773 g/mol. The van der Waals surface area contributed by atoms with Crippen molar-refractivity contribution in [1.29, 1.82) is 0 Å². The Bertz CT molecular complexity index is 1970. The van der Waals surface area contributed by atoms with Crippen LogP contribution in [0.25, 0.3) is 10.1 Å². The van der Waals surface area contributed by atoms with Crippen LogP contribution in [-0.4, -0.2) is 100 Å². The predicted molar refractivity (Wildman–Crippen MR) is 215 cm³/mol. The Morgan fingerprint density at radius 2 is 1.24 bits per heavy atom. The standard InChI is InChI=1S/C39H52N8O10S/c1-19(2)32(38(56)42-17-30(41)49)47-39(57)33(20(3)4)46-37(55)28(16-31(50)51)45-36(54)27(15-23-18-58-29-9-7-6-8-25(23)29)44-34(52)21(5)43-35(53)26(40)14-22-10-12-24(48)13-11-22/h6-13,18-21,26-28,32-33,48H,14-17,40H2,1-5H3,(H2,41,49)(H,42,56)(H,43,53)(H,44,52)(H,45,54)(H,46,55)(H,47,57)(H,50,51)/t21-,26+,27+,28+,32+,33+/m1/s1. The molecule has 0 aliphatic heterocycles. The molecule has 0 spiro atoms. The van der Waals surface area contributed by atoms with Gasteiger partial charge in [0, 0.05) is 11.1 Å². The fourth-order valence-corrected chi connectivity index (χ4v) is 6.76. The van der Waals surface area contributed by atoms with Crippen molar-refractivity contribution in [3.63, 3.8) is 0 Å². The monoisotopic (exact) mass is 824 g/mol. The SMILES string of the molecule is CC(C)[C@H](NC(=O)[C@H](CC(=O)O)NC(=O)[C@H](Cc1csc2ccccc12)NC(=O)[C@@H](C)NC(=O)[C@@H](N)Cc1ccc(O)cc1)C(=O)N[C@H](C(=O)NCC(N)=O)C(C)C. The van der Waals surface area contributed by atoms with Gasteiger partial charge in [-0.15, -0.1) is 11.3 Å². The third-order valence-corrected chi connectivity index (χ3v) is 10.1. The zero-order chi connectivity index (χ0) is 43.3. The first-order valence-corrected chi connectivity index (χ1v) is 19.4. The maximum Gasteiger partial charge on any atom is 0.305 e. The van der Waals surface area contributed by atoms with Crippen molar-refractivity contribution in [3.8, 4) is 5.75 Å². The fraction of sp³-hybridized carbons (Fsp3) is 0.436. The molecule has 12 N–H and O–H groups in total. The highest BCUT2D eigenvalue weighted by Crippen LogP contribution is 2.27. The van der Waals surface area contributed by atoms with Gasteiger partial charge in [0.2, 0.25) is 41.4 Å². The molecule has 0 aliphatic carbocycles. The minimum Gasteiger partial charge on any atom is -0.508 e. The number of hydrogen-bond acceptors (Lipinski definition) is 11. The number of rotatable bonds is 21. The molecule has 0 fully saturated rings. The number of aliphatic carboxylic acids is 1. The number of phenolic OH excluding ortho intramolecular Hbond substituents is 1. The number of benzene rings is 2. The molecule has 1 heterocycles. The number of primary amides is 1. The smallest absolute Gasteiger partial charge is 0.305 e. The van der Waals surface area contributed by atoms with Gasteiger partial charge in [0.25, 0.3) is 0 Å². The number of thiophene rings is 1. The van der Waals surface area contributed by atoms with Crippen molar-refractivity contribution in [1.82, 2.24) is 31.9 Å². The van der Waals surface area contributed by atoms with Crippen molar-refractivity contribution in [3.05, 3.63) is 65.0 Å². The molecule has 0 unspecified atom stereocenters. The summed E-state index contributed by atoms with van der Waals surface area (Å²) >= 11 is 1.40. The lowest BCUT2D eigenvalue weighted by Crippen LogP contribution is -2.61. The van der Waals surface area contributed by atoms with E-state index in [1.165, 1.54) is 30.4 Å². The van der Waals surface area contributed by atoms with Gasteiger partial charge in [-0.1, -0.05) is 58.0 Å². The van der Waals surface area contributed by atoms with Crippen LogP contribution >= 0.6 is 11.3 Å². The highest BCUT2D eigenvalue weighted by Gasteiger charge is 2.35. The van der Waals surface area contributed by atoms with Crippen LogP contribution in [-0.2, 0) is 51.2 Å². The Hall–Kier alpha value is -6.08. The zero-order valence-corrected chi connectivity index (χ0v) is 33.7. The van der Waals surface area contributed by atoms with E-state index in [0.717, 1.165) is 10.1 Å². The summed E-state index contributed by atoms with van der Waals surface area (Å²) in [5.74, 6) is -8.12. The molecule has 0 saturated carbocycles. The number of nitrogens with one attached hydrogen (secondary N) is 6. The Morgan fingerprint density at radius 1 is 0.672 bits per heavy atom. The summed E-state index contributed by atoms with van der Waals surface area (Å²) < 4.78 is 0.900. The van der Waals surface area contributed by atoms with Crippen LogP contribution in [0.15, 0.2) is 53.9 Å². The molecule has 0 saturated heterocycles. The van der Waals surface area contributed by atoms with Crippen LogP contribution in [0.3, 0.4) is 0 Å². The first-order valence-electron chi connectivity index (χ1n) is 18.6. The predicted octanol–water partition coefficient (Wildman–Crippen LogP) is -0.448. The number of amides is 7. The van der Waals surface area contributed by atoms with Crippen LogP contribution in [0, 0.1) is 11.8 Å². The lowest BCUT2D eigenvalue weighted by atomic mass is 9.99. The van der Waals surface area contributed by atoms with Crippen molar-refractivity contribution in [2.75, 3.05) is 6.54 Å². The van der Waals surface area contributed by atoms with E-state index in [0.29, 0.717) is 11.1 Å². The normalized spacial score (nSPS) is 14.3. The van der Waals surface area contributed by atoms with Gasteiger partial charge in [0.05, 0.1) is 19.0 Å². The largest absolute Gasteiger partial charge is 0.508 e. The molecule has 314 valence electrons. The summed E-state index contributed by atoms with van der Waals surface area (Å²) in [4.78, 5) is 103. The highest BCUT2D eigenvalue weighted by molar-refractivity contribution is 7.17. The van der Waals surface area contributed by atoms with Gasteiger partial charge >= 0.3 is 5.97 Å². The van der Waals surface area contributed by atoms with Crippen molar-refractivity contribution in [2.45, 2.75) is 90.1 Å². The van der Waals surface area contributed by atoms with Gasteiger partial charge in [0.1, 0.15) is 36.0 Å². The number of fused-ring (bicyclic) bond motifs is 1. The van der Waals surface area contributed by atoms with E-state index in [-0.39, 0.29) is 18.6 Å². The molecule has 0 aliphatic rings. The van der Waals surface area contributed by atoms with Crippen molar-refractivity contribution in [2.24, 2.45) is 23.3 Å². The number of nitrogens with two attached hydrogens (primary N) is 2. The summed E-state index contributed by atoms with van der Waals surface area (Å²) in [5.41, 5.74) is 12.5. The molecule has 0 bridgehead atoms. The van der Waals surface area contributed by atoms with E-state index < -0.39 is 108 Å². The van der Waals surface area contributed by atoms with Gasteiger partial charge in [0.15, 0.2) is 0 Å². The Kier molecular flexibility index (Phi) is 17.1. The molecule has 19 heteroatoms.